The van der Waals surface area contributed by atoms with Crippen molar-refractivity contribution in [2.75, 3.05) is 19.7 Å². The van der Waals surface area contributed by atoms with Crippen molar-refractivity contribution in [1.29, 1.82) is 0 Å². The molecular formula is C41H50N2O5. The predicted molar refractivity (Wildman–Crippen MR) is 190 cm³/mol. The van der Waals surface area contributed by atoms with Crippen molar-refractivity contribution in [1.82, 2.24) is 9.80 Å². The smallest absolute Gasteiger partial charge is 0.234 e. The Balaban J connectivity index is 1.16. The zero-order valence-corrected chi connectivity index (χ0v) is 28.4. The molecule has 2 saturated heterocycles. The molecule has 3 aromatic rings. The van der Waals surface area contributed by atoms with Crippen LogP contribution in [0.25, 0.3) is 16.8 Å². The van der Waals surface area contributed by atoms with Crippen molar-refractivity contribution in [3.63, 3.8) is 0 Å². The molecule has 0 unspecified atom stereocenters. The fraction of sp³-hybridized carbons (Fsp3) is 0.463. The van der Waals surface area contributed by atoms with Gasteiger partial charge < -0.3 is 15.3 Å². The summed E-state index contributed by atoms with van der Waals surface area (Å²) in [6, 6.07) is 21.7. The third-order valence-electron chi connectivity index (χ3n) is 11.0. The second-order valence-electron chi connectivity index (χ2n) is 13.9. The van der Waals surface area contributed by atoms with E-state index < -0.39 is 23.9 Å². The quantitative estimate of drug-likeness (QED) is 0.146. The van der Waals surface area contributed by atoms with Gasteiger partial charge in [0.05, 0.1) is 24.5 Å². The van der Waals surface area contributed by atoms with Gasteiger partial charge in [-0.3, -0.25) is 19.4 Å². The summed E-state index contributed by atoms with van der Waals surface area (Å²) < 4.78 is 0. The van der Waals surface area contributed by atoms with Crippen LogP contribution in [0, 0.1) is 17.8 Å². The van der Waals surface area contributed by atoms with E-state index in [-0.39, 0.29) is 30.2 Å². The van der Waals surface area contributed by atoms with Gasteiger partial charge in [0.2, 0.25) is 11.8 Å². The number of aliphatic hydroxyl groups is 2. The first-order valence-electron chi connectivity index (χ1n) is 17.9. The number of phenols is 1. The van der Waals surface area contributed by atoms with Crippen molar-refractivity contribution >= 4 is 28.7 Å². The van der Waals surface area contributed by atoms with Crippen LogP contribution in [0.3, 0.4) is 0 Å². The molecule has 0 aromatic heterocycles. The maximum absolute atomic E-state index is 14.1. The monoisotopic (exact) mass is 650 g/mol. The van der Waals surface area contributed by atoms with Gasteiger partial charge in [-0.2, -0.15) is 0 Å². The molecule has 7 nitrogen and oxygen atoms in total. The molecule has 3 aliphatic rings. The highest BCUT2D eigenvalue weighted by Gasteiger charge is 2.56. The number of hydrogen-bond donors (Lipinski definition) is 3. The van der Waals surface area contributed by atoms with Crippen LogP contribution in [-0.2, 0) is 16.1 Å². The van der Waals surface area contributed by atoms with Crippen LogP contribution in [0.1, 0.15) is 76.3 Å². The summed E-state index contributed by atoms with van der Waals surface area (Å²) in [7, 11) is 0. The largest absolute Gasteiger partial charge is 0.507 e. The van der Waals surface area contributed by atoms with Crippen molar-refractivity contribution in [3.05, 3.63) is 94.6 Å². The Kier molecular flexibility index (Phi) is 10.8. The van der Waals surface area contributed by atoms with Gasteiger partial charge in [0.1, 0.15) is 5.75 Å². The maximum Gasteiger partial charge on any atom is 0.234 e. The van der Waals surface area contributed by atoms with E-state index in [2.05, 4.69) is 30.0 Å². The second-order valence-corrected chi connectivity index (χ2v) is 13.9. The number of nitrogens with zero attached hydrogens (tertiary/aromatic N) is 2. The molecule has 0 radical (unpaired) electrons. The average molecular weight is 651 g/mol. The Morgan fingerprint density at radius 1 is 0.917 bits per heavy atom. The van der Waals surface area contributed by atoms with Crippen molar-refractivity contribution in [2.24, 2.45) is 17.8 Å². The minimum Gasteiger partial charge on any atom is -0.507 e. The number of hydrogen-bond acceptors (Lipinski definition) is 6. The molecule has 3 N–H and O–H groups in total. The number of carbonyl (C=O) groups is 2. The highest BCUT2D eigenvalue weighted by molar-refractivity contribution is 6.06. The molecule has 0 bridgehead atoms. The second kappa shape index (κ2) is 15.2. The Morgan fingerprint density at radius 2 is 1.62 bits per heavy atom. The normalized spacial score (nSPS) is 23.3. The highest BCUT2D eigenvalue weighted by atomic mass is 16.3. The number of amides is 2. The number of phenolic OH excluding ortho intramolecular Hbond substituents is 1. The zero-order valence-electron chi connectivity index (χ0n) is 28.4. The zero-order chi connectivity index (χ0) is 33.8. The van der Waals surface area contributed by atoms with E-state index >= 15 is 0 Å². The summed E-state index contributed by atoms with van der Waals surface area (Å²) in [6.45, 7) is 6.42. The van der Waals surface area contributed by atoms with Crippen molar-refractivity contribution in [2.45, 2.75) is 83.9 Å². The number of benzene rings is 3. The number of aliphatic hydroxyl groups excluding tert-OH is 2. The highest BCUT2D eigenvalue weighted by Crippen LogP contribution is 2.48. The lowest BCUT2D eigenvalue weighted by Crippen LogP contribution is -2.47. The predicted octanol–water partition coefficient (Wildman–Crippen LogP) is 6.85. The summed E-state index contributed by atoms with van der Waals surface area (Å²) in [6.07, 6.45) is 6.97. The van der Waals surface area contributed by atoms with Crippen LogP contribution in [-0.4, -0.2) is 68.8 Å². The molecule has 2 aliphatic heterocycles. The molecule has 4 atom stereocenters. The molecule has 48 heavy (non-hydrogen) atoms. The van der Waals surface area contributed by atoms with Crippen LogP contribution < -0.4 is 0 Å². The van der Waals surface area contributed by atoms with E-state index in [1.807, 2.05) is 55.5 Å². The van der Waals surface area contributed by atoms with Gasteiger partial charge >= 0.3 is 0 Å². The lowest BCUT2D eigenvalue weighted by atomic mass is 9.67. The fourth-order valence-electron chi connectivity index (χ4n) is 8.58. The lowest BCUT2D eigenvalue weighted by Gasteiger charge is -2.37. The number of likely N-dealkylation sites (tertiary alicyclic amines) is 2. The minimum absolute atomic E-state index is 0.0984. The summed E-state index contributed by atoms with van der Waals surface area (Å²) in [5.74, 6) is -1.67. The first-order chi connectivity index (χ1) is 23.3. The number of fused-ring (bicyclic) bond motifs is 2. The van der Waals surface area contributed by atoms with Gasteiger partial charge in [0.25, 0.3) is 0 Å². The number of imide groups is 1. The van der Waals surface area contributed by atoms with Crippen LogP contribution in [0.4, 0.5) is 0 Å². The van der Waals surface area contributed by atoms with E-state index in [0.717, 1.165) is 72.8 Å². The van der Waals surface area contributed by atoms with Crippen LogP contribution in [0.5, 0.6) is 5.75 Å². The van der Waals surface area contributed by atoms with E-state index in [0.29, 0.717) is 25.7 Å². The first kappa shape index (κ1) is 34.1. The topological polar surface area (TPSA) is 101 Å². The van der Waals surface area contributed by atoms with Crippen molar-refractivity contribution in [3.8, 4) is 5.75 Å². The minimum atomic E-state index is -0.812. The number of rotatable bonds is 12. The van der Waals surface area contributed by atoms with E-state index in [4.69, 9.17) is 0 Å². The SMILES string of the molecule is CCC/C(=C\c1ccc(O)c2ccccc12)CC[C@@H](O)C1=C(CC)C[C@H]2C(=O)N(C3CCN(Cc4ccccc4)CC3)C(=O)[C@H]2[C@H]1CO. The lowest BCUT2D eigenvalue weighted by molar-refractivity contribution is -0.144. The van der Waals surface area contributed by atoms with Gasteiger partial charge in [-0.05, 0) is 73.1 Å². The molecule has 7 heteroatoms. The van der Waals surface area contributed by atoms with E-state index in [1.54, 1.807) is 11.0 Å². The van der Waals surface area contributed by atoms with E-state index in [1.165, 1.54) is 11.1 Å². The first-order valence-corrected chi connectivity index (χ1v) is 17.9. The average Bonchev–Trinajstić information content (AvgIpc) is 3.36. The Morgan fingerprint density at radius 3 is 2.31 bits per heavy atom. The molecule has 2 fully saturated rings. The molecule has 3 aromatic carbocycles. The standard InChI is InChI=1S/C41H50N2O5/c1-3-10-27(23-30-16-18-36(45)33-14-9-8-13-32(30)33)15-17-37(46)38-29(4-2)24-34-39(35(38)26-44)41(48)43(40(34)47)31-19-21-42(22-20-31)25-28-11-6-5-7-12-28/h5-9,11-14,16,18,23,31,34-35,37,39,44-46H,3-4,10,15,17,19-22,24-26H2,1-2H3/b27-23+/t34-,35+,37-,39-/m1/s1. The summed E-state index contributed by atoms with van der Waals surface area (Å²) in [5.41, 5.74) is 5.28. The molecule has 2 amide bonds. The van der Waals surface area contributed by atoms with Crippen LogP contribution in [0.2, 0.25) is 0 Å². The van der Waals surface area contributed by atoms with E-state index in [9.17, 15) is 24.9 Å². The Bertz CT molecular complexity index is 1670. The number of aromatic hydroxyl groups is 1. The molecule has 1 aliphatic carbocycles. The van der Waals surface area contributed by atoms with Crippen LogP contribution >= 0.6 is 0 Å². The third kappa shape index (κ3) is 6.87. The van der Waals surface area contributed by atoms with Crippen LogP contribution in [0.15, 0.2) is 83.4 Å². The van der Waals surface area contributed by atoms with Gasteiger partial charge in [0.15, 0.2) is 0 Å². The van der Waals surface area contributed by atoms with Gasteiger partial charge in [-0.1, -0.05) is 98.2 Å². The molecule has 254 valence electrons. The summed E-state index contributed by atoms with van der Waals surface area (Å²) in [4.78, 5) is 31.9. The maximum atomic E-state index is 14.1. The Labute approximate surface area is 284 Å². The van der Waals surface area contributed by atoms with Gasteiger partial charge in [-0.15, -0.1) is 0 Å². The summed E-state index contributed by atoms with van der Waals surface area (Å²) >= 11 is 0. The number of piperidine rings is 1. The molecular weight excluding hydrogens is 600 g/mol. The van der Waals surface area contributed by atoms with Gasteiger partial charge in [-0.25, -0.2) is 0 Å². The van der Waals surface area contributed by atoms with Gasteiger partial charge in [0, 0.05) is 37.0 Å². The third-order valence-corrected chi connectivity index (χ3v) is 11.0. The summed E-state index contributed by atoms with van der Waals surface area (Å²) in [5, 5.41) is 34.7. The fourth-order valence-corrected chi connectivity index (χ4v) is 8.58. The number of allylic oxidation sites excluding steroid dienone is 2. The molecule has 6 rings (SSSR count). The molecule has 2 heterocycles. The number of carbonyl (C=O) groups excluding carboxylic acids is 2. The molecule has 0 spiro atoms. The molecule has 0 saturated carbocycles. The van der Waals surface area contributed by atoms with Crippen molar-refractivity contribution < 1.29 is 24.9 Å². The Hall–Kier alpha value is -3.78.